The van der Waals surface area contributed by atoms with Gasteiger partial charge in [0.15, 0.2) is 5.78 Å². The number of benzene rings is 3. The summed E-state index contributed by atoms with van der Waals surface area (Å²) in [6.07, 6.45) is 0. The van der Waals surface area contributed by atoms with Crippen LogP contribution in [0.2, 0.25) is 0 Å². The molecule has 3 rings (SSSR count). The summed E-state index contributed by atoms with van der Waals surface area (Å²) >= 11 is 3.07. The lowest BCUT2D eigenvalue weighted by molar-refractivity contribution is 0.102. The molecule has 0 atom stereocenters. The van der Waals surface area contributed by atoms with E-state index in [2.05, 4.69) is 21.2 Å². The minimum atomic E-state index is -0.475. The molecule has 0 aliphatic carbocycles. The van der Waals surface area contributed by atoms with Crippen molar-refractivity contribution in [2.45, 2.75) is 0 Å². The highest BCUT2D eigenvalue weighted by Gasteiger charge is 2.19. The standard InChI is InChI=1S/C21H16BrFN2O3/c1-28-14-8-5-12(6-9-14)21(27)25-19-15(3-2-4-18(19)24)20(26)13-7-10-17(23)16(22)11-13/h2-11H,24H2,1H3,(H,25,27). The van der Waals surface area contributed by atoms with Crippen LogP contribution < -0.4 is 15.8 Å². The van der Waals surface area contributed by atoms with Crippen LogP contribution >= 0.6 is 15.9 Å². The van der Waals surface area contributed by atoms with Crippen molar-refractivity contribution >= 4 is 39.0 Å². The maximum atomic E-state index is 13.5. The number of amides is 1. The van der Waals surface area contributed by atoms with Gasteiger partial charge >= 0.3 is 0 Å². The molecular formula is C21H16BrFN2O3. The number of anilines is 2. The molecule has 0 heterocycles. The van der Waals surface area contributed by atoms with Gasteiger partial charge in [-0.15, -0.1) is 0 Å². The van der Waals surface area contributed by atoms with E-state index in [0.717, 1.165) is 0 Å². The average Bonchev–Trinajstić information content (AvgIpc) is 2.71. The van der Waals surface area contributed by atoms with Gasteiger partial charge in [0, 0.05) is 16.7 Å². The Morgan fingerprint density at radius 1 is 1.04 bits per heavy atom. The molecule has 0 saturated heterocycles. The predicted molar refractivity (Wildman–Crippen MR) is 109 cm³/mol. The Kier molecular flexibility index (Phi) is 5.75. The van der Waals surface area contributed by atoms with Gasteiger partial charge in [0.2, 0.25) is 0 Å². The Balaban J connectivity index is 1.94. The lowest BCUT2D eigenvalue weighted by Crippen LogP contribution is -2.16. The van der Waals surface area contributed by atoms with Crippen LogP contribution in [0.1, 0.15) is 26.3 Å². The number of ketones is 1. The molecule has 1 amide bonds. The Bertz CT molecular complexity index is 1050. The minimum Gasteiger partial charge on any atom is -0.497 e. The zero-order chi connectivity index (χ0) is 20.3. The number of rotatable bonds is 5. The molecule has 142 valence electrons. The summed E-state index contributed by atoms with van der Waals surface area (Å²) in [5.41, 5.74) is 7.31. The molecule has 3 aromatic carbocycles. The third-order valence-corrected chi connectivity index (χ3v) is 4.72. The number of ether oxygens (including phenoxy) is 1. The second kappa shape index (κ2) is 8.22. The maximum absolute atomic E-state index is 13.5. The quantitative estimate of drug-likeness (QED) is 0.444. The number of nitrogens with one attached hydrogen (secondary N) is 1. The van der Waals surface area contributed by atoms with E-state index < -0.39 is 17.5 Å². The highest BCUT2D eigenvalue weighted by atomic mass is 79.9. The number of nitrogens with two attached hydrogens (primary N) is 1. The van der Waals surface area contributed by atoms with Crippen LogP contribution in [-0.4, -0.2) is 18.8 Å². The smallest absolute Gasteiger partial charge is 0.255 e. The molecular weight excluding hydrogens is 427 g/mol. The van der Waals surface area contributed by atoms with E-state index in [1.54, 1.807) is 42.5 Å². The maximum Gasteiger partial charge on any atom is 0.255 e. The molecule has 0 aromatic heterocycles. The summed E-state index contributed by atoms with van der Waals surface area (Å²) in [5, 5.41) is 2.70. The van der Waals surface area contributed by atoms with Gasteiger partial charge in [-0.1, -0.05) is 6.07 Å². The van der Waals surface area contributed by atoms with E-state index in [4.69, 9.17) is 10.5 Å². The van der Waals surface area contributed by atoms with Crippen molar-refractivity contribution in [3.05, 3.63) is 87.6 Å². The van der Waals surface area contributed by atoms with E-state index in [0.29, 0.717) is 11.3 Å². The van der Waals surface area contributed by atoms with E-state index in [9.17, 15) is 14.0 Å². The molecule has 0 unspecified atom stereocenters. The number of carbonyl (C=O) groups is 2. The highest BCUT2D eigenvalue weighted by Crippen LogP contribution is 2.28. The lowest BCUT2D eigenvalue weighted by Gasteiger charge is -2.13. The Hall–Kier alpha value is -3.19. The Labute approximate surface area is 169 Å². The van der Waals surface area contributed by atoms with Gasteiger partial charge in [0.05, 0.1) is 23.0 Å². The molecule has 3 N–H and O–H groups in total. The van der Waals surface area contributed by atoms with Gasteiger partial charge in [0.1, 0.15) is 11.6 Å². The van der Waals surface area contributed by atoms with Crippen LogP contribution in [0.5, 0.6) is 5.75 Å². The lowest BCUT2D eigenvalue weighted by atomic mass is 10.0. The van der Waals surface area contributed by atoms with Crippen molar-refractivity contribution in [1.82, 2.24) is 0 Å². The van der Waals surface area contributed by atoms with Gasteiger partial charge in [-0.05, 0) is 70.5 Å². The van der Waals surface area contributed by atoms with E-state index >= 15 is 0 Å². The van der Waals surface area contributed by atoms with Crippen LogP contribution in [0.15, 0.2) is 65.1 Å². The van der Waals surface area contributed by atoms with Crippen molar-refractivity contribution in [1.29, 1.82) is 0 Å². The number of halogens is 2. The van der Waals surface area contributed by atoms with E-state index in [-0.39, 0.29) is 27.0 Å². The number of methoxy groups -OCH3 is 1. The first kappa shape index (κ1) is 19.6. The molecule has 3 aromatic rings. The Morgan fingerprint density at radius 3 is 2.36 bits per heavy atom. The Morgan fingerprint density at radius 2 is 1.71 bits per heavy atom. The predicted octanol–water partition coefficient (Wildman–Crippen LogP) is 4.66. The average molecular weight is 443 g/mol. The van der Waals surface area contributed by atoms with Gasteiger partial charge in [-0.2, -0.15) is 0 Å². The second-order valence-corrected chi connectivity index (χ2v) is 6.76. The van der Waals surface area contributed by atoms with E-state index in [1.165, 1.54) is 25.3 Å². The zero-order valence-electron chi connectivity index (χ0n) is 14.8. The fraction of sp³-hybridized carbons (Fsp3) is 0.0476. The summed E-state index contributed by atoms with van der Waals surface area (Å²) in [7, 11) is 1.53. The zero-order valence-corrected chi connectivity index (χ0v) is 16.4. The van der Waals surface area contributed by atoms with E-state index in [1.807, 2.05) is 0 Å². The summed E-state index contributed by atoms with van der Waals surface area (Å²) in [6, 6.07) is 15.2. The first-order valence-electron chi connectivity index (χ1n) is 8.24. The fourth-order valence-electron chi connectivity index (χ4n) is 2.62. The topological polar surface area (TPSA) is 81.4 Å². The van der Waals surface area contributed by atoms with Crippen LogP contribution in [0, 0.1) is 5.82 Å². The van der Waals surface area contributed by atoms with Crippen LogP contribution in [0.4, 0.5) is 15.8 Å². The minimum absolute atomic E-state index is 0.172. The van der Waals surface area contributed by atoms with Gasteiger partial charge in [-0.3, -0.25) is 9.59 Å². The fourth-order valence-corrected chi connectivity index (χ4v) is 3.00. The molecule has 0 aliphatic heterocycles. The monoisotopic (exact) mass is 442 g/mol. The van der Waals surface area contributed by atoms with Crippen molar-refractivity contribution in [2.24, 2.45) is 0 Å². The van der Waals surface area contributed by atoms with Crippen LogP contribution in [0.25, 0.3) is 0 Å². The molecule has 0 saturated carbocycles. The summed E-state index contributed by atoms with van der Waals surface area (Å²) in [6.45, 7) is 0. The molecule has 0 bridgehead atoms. The van der Waals surface area contributed by atoms with Crippen LogP contribution in [-0.2, 0) is 0 Å². The number of hydrogen-bond donors (Lipinski definition) is 2. The summed E-state index contributed by atoms with van der Waals surface area (Å²) < 4.78 is 18.7. The summed E-state index contributed by atoms with van der Waals surface area (Å²) in [5.74, 6) is -0.668. The summed E-state index contributed by atoms with van der Waals surface area (Å²) in [4.78, 5) is 25.5. The third kappa shape index (κ3) is 4.04. The molecule has 0 spiro atoms. The number of hydrogen-bond acceptors (Lipinski definition) is 4. The first-order chi connectivity index (χ1) is 13.4. The van der Waals surface area contributed by atoms with Crippen molar-refractivity contribution in [3.63, 3.8) is 0 Å². The van der Waals surface area contributed by atoms with Gasteiger partial charge < -0.3 is 15.8 Å². The normalized spacial score (nSPS) is 10.4. The largest absolute Gasteiger partial charge is 0.497 e. The number of carbonyl (C=O) groups excluding carboxylic acids is 2. The molecule has 5 nitrogen and oxygen atoms in total. The third-order valence-electron chi connectivity index (χ3n) is 4.11. The molecule has 28 heavy (non-hydrogen) atoms. The van der Waals surface area contributed by atoms with Crippen molar-refractivity contribution in [2.75, 3.05) is 18.2 Å². The molecule has 0 fully saturated rings. The van der Waals surface area contributed by atoms with Crippen LogP contribution in [0.3, 0.4) is 0 Å². The van der Waals surface area contributed by atoms with Gasteiger partial charge in [0.25, 0.3) is 5.91 Å². The second-order valence-electron chi connectivity index (χ2n) is 5.91. The molecule has 0 aliphatic rings. The number of nitrogen functional groups attached to an aromatic ring is 1. The highest BCUT2D eigenvalue weighted by molar-refractivity contribution is 9.10. The molecule has 0 radical (unpaired) electrons. The van der Waals surface area contributed by atoms with Crippen molar-refractivity contribution in [3.8, 4) is 5.75 Å². The van der Waals surface area contributed by atoms with Gasteiger partial charge in [-0.25, -0.2) is 4.39 Å². The first-order valence-corrected chi connectivity index (χ1v) is 9.03. The SMILES string of the molecule is COc1ccc(C(=O)Nc2c(N)cccc2C(=O)c2ccc(F)c(Br)c2)cc1. The van der Waals surface area contributed by atoms with Crippen molar-refractivity contribution < 1.29 is 18.7 Å². The molecule has 7 heteroatoms. The number of para-hydroxylation sites is 1.